The number of urea groups is 1. The Labute approximate surface area is 149 Å². The number of carbonyl (C=O) groups is 1. The van der Waals surface area contributed by atoms with Crippen LogP contribution < -0.4 is 10.6 Å². The summed E-state index contributed by atoms with van der Waals surface area (Å²) in [6, 6.07) is 9.62. The molecule has 3 rings (SSSR count). The van der Waals surface area contributed by atoms with E-state index in [1.165, 1.54) is 25.9 Å². The molecule has 1 aliphatic heterocycles. The number of carbonyl (C=O) groups excluding carboxylic acids is 1. The largest absolute Gasteiger partial charge is 0.338 e. The van der Waals surface area contributed by atoms with Crippen LogP contribution in [0.4, 0.5) is 10.5 Å². The zero-order valence-corrected chi connectivity index (χ0v) is 14.8. The van der Waals surface area contributed by atoms with Gasteiger partial charge in [0.05, 0.1) is 6.54 Å². The first kappa shape index (κ1) is 17.5. The first-order chi connectivity index (χ1) is 12.2. The lowest BCUT2D eigenvalue weighted by Crippen LogP contribution is -2.36. The summed E-state index contributed by atoms with van der Waals surface area (Å²) >= 11 is 0. The quantitative estimate of drug-likeness (QED) is 0.814. The number of hydrogen-bond donors (Lipinski definition) is 2. The molecule has 0 radical (unpaired) electrons. The van der Waals surface area contributed by atoms with E-state index in [-0.39, 0.29) is 6.03 Å². The van der Waals surface area contributed by atoms with Crippen LogP contribution in [-0.2, 0) is 6.54 Å². The molecule has 0 aliphatic carbocycles. The molecule has 2 amide bonds. The zero-order chi connectivity index (χ0) is 17.5. The molecule has 1 saturated heterocycles. The molecule has 0 bridgehead atoms. The molecule has 2 N–H and O–H groups in total. The Morgan fingerprint density at radius 1 is 1.28 bits per heavy atom. The van der Waals surface area contributed by atoms with E-state index in [0.717, 1.165) is 17.8 Å². The number of anilines is 1. The van der Waals surface area contributed by atoms with Crippen molar-refractivity contribution in [2.45, 2.75) is 26.3 Å². The lowest BCUT2D eigenvalue weighted by molar-refractivity contribution is 0.245. The summed E-state index contributed by atoms with van der Waals surface area (Å²) in [5.41, 5.74) is 1.90. The number of nitrogens with one attached hydrogen (secondary N) is 2. The van der Waals surface area contributed by atoms with Crippen LogP contribution >= 0.6 is 0 Å². The van der Waals surface area contributed by atoms with E-state index in [2.05, 4.69) is 27.6 Å². The fraction of sp³-hybridized carbons (Fsp3) is 0.474. The number of amides is 2. The average molecular weight is 341 g/mol. The third-order valence-corrected chi connectivity index (χ3v) is 4.47. The summed E-state index contributed by atoms with van der Waals surface area (Å²) < 4.78 is 1.86. The van der Waals surface area contributed by atoms with Crippen molar-refractivity contribution < 1.29 is 4.79 Å². The van der Waals surface area contributed by atoms with Crippen LogP contribution in [0.3, 0.4) is 0 Å². The van der Waals surface area contributed by atoms with Gasteiger partial charge in [-0.05, 0) is 55.6 Å². The van der Waals surface area contributed by atoms with Crippen molar-refractivity contribution >= 4 is 11.7 Å². The first-order valence-corrected chi connectivity index (χ1v) is 9.02. The second-order valence-corrected chi connectivity index (χ2v) is 6.85. The van der Waals surface area contributed by atoms with Crippen LogP contribution in [0.15, 0.2) is 42.7 Å². The van der Waals surface area contributed by atoms with Crippen molar-refractivity contribution in [1.29, 1.82) is 0 Å². The Hall–Kier alpha value is -2.34. The highest BCUT2D eigenvalue weighted by Gasteiger charge is 2.15. The zero-order valence-electron chi connectivity index (χ0n) is 14.8. The highest BCUT2D eigenvalue weighted by atomic mass is 16.2. The van der Waals surface area contributed by atoms with Crippen LogP contribution in [0.25, 0.3) is 0 Å². The van der Waals surface area contributed by atoms with Crippen molar-refractivity contribution in [3.63, 3.8) is 0 Å². The highest BCUT2D eigenvalue weighted by Crippen LogP contribution is 2.12. The predicted octanol–water partition coefficient (Wildman–Crippen LogP) is 2.78. The minimum Gasteiger partial charge on any atom is -0.338 e. The summed E-state index contributed by atoms with van der Waals surface area (Å²) in [7, 11) is 0. The summed E-state index contributed by atoms with van der Waals surface area (Å²) in [6.07, 6.45) is 6.29. The molecule has 1 aromatic heterocycles. The maximum Gasteiger partial charge on any atom is 0.319 e. The van der Waals surface area contributed by atoms with Crippen LogP contribution in [0, 0.1) is 5.92 Å². The summed E-state index contributed by atoms with van der Waals surface area (Å²) in [6.45, 7) is 7.01. The monoisotopic (exact) mass is 341 g/mol. The second kappa shape index (κ2) is 8.67. The lowest BCUT2D eigenvalue weighted by atomic mass is 10.1. The third kappa shape index (κ3) is 5.60. The maximum absolute atomic E-state index is 12.1. The van der Waals surface area contributed by atoms with Crippen LogP contribution in [0.1, 0.15) is 25.3 Å². The molecule has 1 atom stereocenters. The Morgan fingerprint density at radius 2 is 2.12 bits per heavy atom. The van der Waals surface area contributed by atoms with Gasteiger partial charge in [0.25, 0.3) is 0 Å². The molecule has 2 aromatic rings. The smallest absolute Gasteiger partial charge is 0.319 e. The van der Waals surface area contributed by atoms with Gasteiger partial charge in [0.1, 0.15) is 0 Å². The van der Waals surface area contributed by atoms with Gasteiger partial charge in [0, 0.05) is 31.2 Å². The minimum absolute atomic E-state index is 0.149. The molecular formula is C19H27N5O. The van der Waals surface area contributed by atoms with Crippen molar-refractivity contribution in [1.82, 2.24) is 20.0 Å². The van der Waals surface area contributed by atoms with Gasteiger partial charge in [-0.15, -0.1) is 0 Å². The Morgan fingerprint density at radius 3 is 2.88 bits per heavy atom. The molecule has 0 unspecified atom stereocenters. The Balaban J connectivity index is 1.44. The van der Waals surface area contributed by atoms with Crippen molar-refractivity contribution in [3.05, 3.63) is 48.3 Å². The van der Waals surface area contributed by atoms with Crippen molar-refractivity contribution in [3.8, 4) is 0 Å². The molecule has 0 spiro atoms. The number of rotatable bonds is 7. The molecule has 1 fully saturated rings. The topological polar surface area (TPSA) is 62.2 Å². The normalized spacial score (nSPS) is 15.9. The maximum atomic E-state index is 12.1. The molecule has 6 nitrogen and oxygen atoms in total. The van der Waals surface area contributed by atoms with Crippen molar-refractivity contribution in [2.24, 2.45) is 5.92 Å². The van der Waals surface area contributed by atoms with E-state index in [4.69, 9.17) is 0 Å². The standard InChI is InChI=1S/C19H27N5O/c1-16(14-23-9-2-3-10-23)13-20-19(25)22-18-7-4-6-17(12-18)15-24-11-5-8-21-24/h4-8,11-12,16H,2-3,9-10,13-15H2,1H3,(H2,20,22,25)/t16-/m1/s1. The van der Waals surface area contributed by atoms with Gasteiger partial charge in [-0.1, -0.05) is 19.1 Å². The highest BCUT2D eigenvalue weighted by molar-refractivity contribution is 5.89. The SMILES string of the molecule is C[C@H](CNC(=O)Nc1cccc(Cn2cccn2)c1)CN1CCCC1. The summed E-state index contributed by atoms with van der Waals surface area (Å²) in [5, 5.41) is 10.1. The van der Waals surface area contributed by atoms with Crippen LogP contribution in [-0.4, -0.2) is 46.9 Å². The van der Waals surface area contributed by atoms with E-state index in [1.54, 1.807) is 6.20 Å². The molecular weight excluding hydrogens is 314 g/mol. The van der Waals surface area contributed by atoms with Gasteiger partial charge in [-0.25, -0.2) is 4.79 Å². The number of nitrogens with zero attached hydrogens (tertiary/aromatic N) is 3. The Kier molecular flexibility index (Phi) is 6.06. The molecule has 1 aromatic carbocycles. The second-order valence-electron chi connectivity index (χ2n) is 6.85. The fourth-order valence-electron chi connectivity index (χ4n) is 3.24. The number of aromatic nitrogens is 2. The van der Waals surface area contributed by atoms with Gasteiger partial charge < -0.3 is 15.5 Å². The van der Waals surface area contributed by atoms with E-state index >= 15 is 0 Å². The minimum atomic E-state index is -0.149. The molecule has 25 heavy (non-hydrogen) atoms. The first-order valence-electron chi connectivity index (χ1n) is 9.02. The molecule has 1 aliphatic rings. The van der Waals surface area contributed by atoms with Crippen LogP contribution in [0.2, 0.25) is 0 Å². The Bertz CT molecular complexity index is 664. The molecule has 134 valence electrons. The van der Waals surface area contributed by atoms with E-state index in [9.17, 15) is 4.79 Å². The van der Waals surface area contributed by atoms with Crippen molar-refractivity contribution in [2.75, 3.05) is 31.5 Å². The number of benzene rings is 1. The predicted molar refractivity (Wildman–Crippen MR) is 99.6 cm³/mol. The van der Waals surface area contributed by atoms with Gasteiger partial charge in [-0.2, -0.15) is 5.10 Å². The number of hydrogen-bond acceptors (Lipinski definition) is 3. The average Bonchev–Trinajstić information content (AvgIpc) is 3.27. The van der Waals surface area contributed by atoms with Gasteiger partial charge in [0.15, 0.2) is 0 Å². The lowest BCUT2D eigenvalue weighted by Gasteiger charge is -2.20. The fourth-order valence-corrected chi connectivity index (χ4v) is 3.24. The van der Waals surface area contributed by atoms with E-state index in [0.29, 0.717) is 19.0 Å². The summed E-state index contributed by atoms with van der Waals surface area (Å²) in [5.74, 6) is 0.454. The molecule has 2 heterocycles. The third-order valence-electron chi connectivity index (χ3n) is 4.47. The van der Waals surface area contributed by atoms with Crippen LogP contribution in [0.5, 0.6) is 0 Å². The molecule has 0 saturated carbocycles. The van der Waals surface area contributed by atoms with Gasteiger partial charge in [0.2, 0.25) is 0 Å². The van der Waals surface area contributed by atoms with Gasteiger partial charge in [-0.3, -0.25) is 4.68 Å². The number of likely N-dealkylation sites (tertiary alicyclic amines) is 1. The van der Waals surface area contributed by atoms with E-state index < -0.39 is 0 Å². The van der Waals surface area contributed by atoms with Gasteiger partial charge >= 0.3 is 6.03 Å². The van der Waals surface area contributed by atoms with E-state index in [1.807, 2.05) is 41.2 Å². The summed E-state index contributed by atoms with van der Waals surface area (Å²) in [4.78, 5) is 14.6. The molecule has 6 heteroatoms.